The number of hydrogen-bond acceptors (Lipinski definition) is 3. The number of anilines is 1. The molecule has 1 aromatic heterocycles. The minimum atomic E-state index is -0.221. The van der Waals surface area contributed by atoms with Gasteiger partial charge < -0.3 is 4.90 Å². The van der Waals surface area contributed by atoms with Crippen LogP contribution in [0.25, 0.3) is 22.0 Å². The first-order valence-corrected chi connectivity index (χ1v) is 10.5. The lowest BCUT2D eigenvalue weighted by Crippen LogP contribution is -2.46. The third kappa shape index (κ3) is 4.28. The highest BCUT2D eigenvalue weighted by atomic mass is 19.1. The van der Waals surface area contributed by atoms with Gasteiger partial charge in [0, 0.05) is 44.2 Å². The van der Waals surface area contributed by atoms with Crippen LogP contribution in [0.15, 0.2) is 78.9 Å². The summed E-state index contributed by atoms with van der Waals surface area (Å²) < 4.78 is 27.6. The Morgan fingerprint density at radius 3 is 2.10 bits per heavy atom. The number of fused-ring (bicyclic) bond motifs is 1. The summed E-state index contributed by atoms with van der Waals surface area (Å²) in [6.07, 6.45) is 0. The van der Waals surface area contributed by atoms with Gasteiger partial charge in [0.25, 0.3) is 0 Å². The first kappa shape index (κ1) is 19.6. The summed E-state index contributed by atoms with van der Waals surface area (Å²) in [5, 5.41) is 0.564. The Morgan fingerprint density at radius 1 is 0.742 bits per heavy atom. The van der Waals surface area contributed by atoms with E-state index in [0.717, 1.165) is 43.9 Å². The lowest BCUT2D eigenvalue weighted by atomic mass is 10.0. The molecule has 5 rings (SSSR count). The molecular weight excluding hydrogens is 392 g/mol. The van der Waals surface area contributed by atoms with Gasteiger partial charge in [0.1, 0.15) is 17.5 Å². The maximum atomic E-state index is 14.4. The van der Waals surface area contributed by atoms with Gasteiger partial charge in [-0.1, -0.05) is 48.5 Å². The quantitative estimate of drug-likeness (QED) is 0.439. The highest BCUT2D eigenvalue weighted by molar-refractivity contribution is 5.81. The van der Waals surface area contributed by atoms with Crippen molar-refractivity contribution in [3.05, 3.63) is 96.1 Å². The van der Waals surface area contributed by atoms with E-state index in [1.807, 2.05) is 18.2 Å². The number of pyridine rings is 1. The van der Waals surface area contributed by atoms with Crippen molar-refractivity contribution in [3.63, 3.8) is 0 Å². The topological polar surface area (TPSA) is 19.4 Å². The molecule has 0 atom stereocenters. The number of halogens is 2. The van der Waals surface area contributed by atoms with Crippen molar-refractivity contribution in [2.45, 2.75) is 6.54 Å². The molecule has 3 nitrogen and oxygen atoms in total. The van der Waals surface area contributed by atoms with E-state index in [-0.39, 0.29) is 11.6 Å². The maximum Gasteiger partial charge on any atom is 0.136 e. The summed E-state index contributed by atoms with van der Waals surface area (Å²) in [6.45, 7) is 4.31. The average molecular weight is 415 g/mol. The number of para-hydroxylation sites is 1. The summed E-state index contributed by atoms with van der Waals surface area (Å²) in [5.74, 6) is 0.268. The van der Waals surface area contributed by atoms with Gasteiger partial charge in [-0.05, 0) is 41.0 Å². The van der Waals surface area contributed by atoms with E-state index >= 15 is 0 Å². The molecule has 31 heavy (non-hydrogen) atoms. The van der Waals surface area contributed by atoms with Gasteiger partial charge in [-0.3, -0.25) is 4.90 Å². The fourth-order valence-corrected chi connectivity index (χ4v) is 4.12. The summed E-state index contributed by atoms with van der Waals surface area (Å²) in [5.41, 5.74) is 4.03. The standard InChI is InChI=1S/C26H23F2N3/c27-22-11-9-21(10-12-22)20-7-5-19(6-8-20)18-30-13-15-31(16-14-30)26-17-24(28)23-3-1-2-4-25(23)29-26/h1-12,17H,13-16,18H2. The average Bonchev–Trinajstić information content (AvgIpc) is 2.81. The molecule has 3 aromatic carbocycles. The summed E-state index contributed by atoms with van der Waals surface area (Å²) in [6, 6.07) is 23.9. The predicted molar refractivity (Wildman–Crippen MR) is 121 cm³/mol. The molecule has 0 bridgehead atoms. The Kier molecular flexibility index (Phi) is 5.35. The zero-order valence-electron chi connectivity index (χ0n) is 17.1. The number of nitrogens with zero attached hydrogens (tertiary/aromatic N) is 3. The molecule has 0 spiro atoms. The summed E-state index contributed by atoms with van der Waals surface area (Å²) in [7, 11) is 0. The highest BCUT2D eigenvalue weighted by Crippen LogP contribution is 2.24. The van der Waals surface area contributed by atoms with Crippen LogP contribution < -0.4 is 4.90 Å². The lowest BCUT2D eigenvalue weighted by Gasteiger charge is -2.35. The van der Waals surface area contributed by atoms with Crippen LogP contribution in [0.1, 0.15) is 5.56 Å². The van der Waals surface area contributed by atoms with Crippen LogP contribution in [0.4, 0.5) is 14.6 Å². The van der Waals surface area contributed by atoms with Crippen LogP contribution in [0.2, 0.25) is 0 Å². The number of aromatic nitrogens is 1. The zero-order valence-corrected chi connectivity index (χ0v) is 17.1. The Hall–Kier alpha value is -3.31. The van der Waals surface area contributed by atoms with Crippen molar-refractivity contribution < 1.29 is 8.78 Å². The van der Waals surface area contributed by atoms with Gasteiger partial charge in [0.15, 0.2) is 0 Å². The van der Waals surface area contributed by atoms with Crippen molar-refractivity contribution in [3.8, 4) is 11.1 Å². The molecule has 0 unspecified atom stereocenters. The zero-order chi connectivity index (χ0) is 21.2. The maximum absolute atomic E-state index is 14.4. The summed E-state index contributed by atoms with van der Waals surface area (Å²) >= 11 is 0. The molecule has 0 radical (unpaired) electrons. The van der Waals surface area contributed by atoms with Gasteiger partial charge >= 0.3 is 0 Å². The molecule has 0 saturated carbocycles. The Bertz CT molecular complexity index is 1180. The van der Waals surface area contributed by atoms with E-state index in [4.69, 9.17) is 0 Å². The second-order valence-electron chi connectivity index (χ2n) is 7.95. The van der Waals surface area contributed by atoms with Crippen LogP contribution >= 0.6 is 0 Å². The lowest BCUT2D eigenvalue weighted by molar-refractivity contribution is 0.249. The van der Waals surface area contributed by atoms with Gasteiger partial charge in [-0.15, -0.1) is 0 Å². The Labute approximate surface area is 180 Å². The minimum Gasteiger partial charge on any atom is -0.354 e. The van der Waals surface area contributed by atoms with E-state index in [2.05, 4.69) is 39.0 Å². The third-order valence-corrected chi connectivity index (χ3v) is 5.89. The fraction of sp³-hybridized carbons (Fsp3) is 0.192. The second kappa shape index (κ2) is 8.44. The monoisotopic (exact) mass is 415 g/mol. The largest absolute Gasteiger partial charge is 0.354 e. The van der Waals surface area contributed by atoms with Crippen molar-refractivity contribution in [2.24, 2.45) is 0 Å². The molecule has 0 aliphatic carbocycles. The molecule has 1 aliphatic rings. The molecule has 1 fully saturated rings. The first-order valence-electron chi connectivity index (χ1n) is 10.5. The van der Waals surface area contributed by atoms with E-state index in [1.54, 1.807) is 24.3 Å². The number of benzene rings is 3. The van der Waals surface area contributed by atoms with Gasteiger partial charge in [-0.25, -0.2) is 13.8 Å². The predicted octanol–water partition coefficient (Wildman–Crippen LogP) is 5.50. The molecule has 1 aliphatic heterocycles. The van der Waals surface area contributed by atoms with Crippen LogP contribution in [0, 0.1) is 11.6 Å². The first-order chi connectivity index (χ1) is 15.2. The molecule has 0 amide bonds. The molecule has 5 heteroatoms. The van der Waals surface area contributed by atoms with Gasteiger partial charge in [0.2, 0.25) is 0 Å². The molecule has 156 valence electrons. The van der Waals surface area contributed by atoms with Gasteiger partial charge in [-0.2, -0.15) is 0 Å². The molecule has 1 saturated heterocycles. The number of hydrogen-bond donors (Lipinski definition) is 0. The smallest absolute Gasteiger partial charge is 0.136 e. The Balaban J connectivity index is 1.21. The number of rotatable bonds is 4. The van der Waals surface area contributed by atoms with Crippen LogP contribution in [-0.4, -0.2) is 36.1 Å². The third-order valence-electron chi connectivity index (χ3n) is 5.89. The SMILES string of the molecule is Fc1ccc(-c2ccc(CN3CCN(c4cc(F)c5ccccc5n4)CC3)cc2)cc1. The van der Waals surface area contributed by atoms with Crippen LogP contribution in [0.3, 0.4) is 0 Å². The van der Waals surface area contributed by atoms with Crippen LogP contribution in [-0.2, 0) is 6.54 Å². The molecule has 4 aromatic rings. The summed E-state index contributed by atoms with van der Waals surface area (Å²) in [4.78, 5) is 9.22. The molecular formula is C26H23F2N3. The van der Waals surface area contributed by atoms with E-state index in [1.165, 1.54) is 17.7 Å². The van der Waals surface area contributed by atoms with Crippen LogP contribution in [0.5, 0.6) is 0 Å². The normalized spacial score (nSPS) is 14.8. The Morgan fingerprint density at radius 2 is 1.39 bits per heavy atom. The van der Waals surface area contributed by atoms with Crippen molar-refractivity contribution >= 4 is 16.7 Å². The van der Waals surface area contributed by atoms with E-state index < -0.39 is 0 Å². The number of piperazine rings is 1. The van der Waals surface area contributed by atoms with E-state index in [9.17, 15) is 8.78 Å². The van der Waals surface area contributed by atoms with E-state index in [0.29, 0.717) is 16.7 Å². The minimum absolute atomic E-state index is 0.218. The van der Waals surface area contributed by atoms with Crippen molar-refractivity contribution in [2.75, 3.05) is 31.1 Å². The van der Waals surface area contributed by atoms with Crippen molar-refractivity contribution in [1.82, 2.24) is 9.88 Å². The molecule has 0 N–H and O–H groups in total. The second-order valence-corrected chi connectivity index (χ2v) is 7.95. The fourth-order valence-electron chi connectivity index (χ4n) is 4.12. The molecule has 2 heterocycles. The van der Waals surface area contributed by atoms with Crippen molar-refractivity contribution in [1.29, 1.82) is 0 Å². The van der Waals surface area contributed by atoms with Gasteiger partial charge in [0.05, 0.1) is 5.52 Å². The highest BCUT2D eigenvalue weighted by Gasteiger charge is 2.19.